The van der Waals surface area contributed by atoms with Crippen molar-refractivity contribution < 1.29 is 14.3 Å². The van der Waals surface area contributed by atoms with E-state index in [1.165, 1.54) is 12.1 Å². The van der Waals surface area contributed by atoms with Crippen molar-refractivity contribution in [3.05, 3.63) is 63.5 Å². The summed E-state index contributed by atoms with van der Waals surface area (Å²) in [7, 11) is 1.62. The molecule has 0 aliphatic heterocycles. The molecule has 1 heterocycles. The number of benzene rings is 2. The van der Waals surface area contributed by atoms with Gasteiger partial charge in [0.25, 0.3) is 0 Å². The number of nitrogens with one attached hydrogen (secondary N) is 1. The fraction of sp³-hybridized carbons (Fsp3) is 0.250. The van der Waals surface area contributed by atoms with Crippen molar-refractivity contribution >= 4 is 16.7 Å². The lowest BCUT2D eigenvalue weighted by molar-refractivity contribution is 0.416. The molecule has 0 saturated carbocycles. The average Bonchev–Trinajstić information content (AvgIpc) is 2.59. The van der Waals surface area contributed by atoms with Crippen molar-refractivity contribution in [2.75, 3.05) is 12.4 Å². The van der Waals surface area contributed by atoms with E-state index in [0.717, 1.165) is 33.5 Å². The summed E-state index contributed by atoms with van der Waals surface area (Å²) in [5.74, 6) is 0.883. The van der Waals surface area contributed by atoms with Crippen molar-refractivity contribution in [3.63, 3.8) is 0 Å². The Kier molecular flexibility index (Phi) is 4.65. The average molecular weight is 339 g/mol. The van der Waals surface area contributed by atoms with Gasteiger partial charge in [0.05, 0.1) is 12.8 Å². The Labute approximate surface area is 145 Å². The highest BCUT2D eigenvalue weighted by Crippen LogP contribution is 2.29. The Hall–Kier alpha value is -2.95. The minimum absolute atomic E-state index is 0.142. The van der Waals surface area contributed by atoms with Crippen LogP contribution in [-0.2, 0) is 13.0 Å². The fourth-order valence-corrected chi connectivity index (χ4v) is 2.89. The van der Waals surface area contributed by atoms with Crippen LogP contribution in [0.2, 0.25) is 0 Å². The van der Waals surface area contributed by atoms with Gasteiger partial charge in [0.2, 0.25) is 0 Å². The van der Waals surface area contributed by atoms with E-state index in [9.17, 15) is 9.90 Å². The molecule has 3 rings (SSSR count). The van der Waals surface area contributed by atoms with E-state index in [1.807, 2.05) is 38.1 Å². The molecule has 0 radical (unpaired) electrons. The number of anilines is 1. The van der Waals surface area contributed by atoms with E-state index in [0.29, 0.717) is 18.5 Å². The molecule has 0 spiro atoms. The molecule has 0 fully saturated rings. The van der Waals surface area contributed by atoms with Crippen molar-refractivity contribution in [2.45, 2.75) is 26.8 Å². The maximum atomic E-state index is 11.9. The van der Waals surface area contributed by atoms with Gasteiger partial charge in [0.1, 0.15) is 17.1 Å². The number of aromatic hydroxyl groups is 1. The number of phenols is 1. The minimum Gasteiger partial charge on any atom is -0.508 e. The number of rotatable bonds is 5. The Morgan fingerprint density at radius 2 is 1.96 bits per heavy atom. The predicted octanol–water partition coefficient (Wildman–Crippen LogP) is 3.99. The number of aryl methyl sites for hydroxylation is 2. The first-order valence-electron chi connectivity index (χ1n) is 8.19. The molecule has 0 aliphatic carbocycles. The largest absolute Gasteiger partial charge is 0.508 e. The van der Waals surface area contributed by atoms with E-state index >= 15 is 0 Å². The van der Waals surface area contributed by atoms with E-state index in [1.54, 1.807) is 7.11 Å². The third-order valence-corrected chi connectivity index (χ3v) is 4.23. The second-order valence-corrected chi connectivity index (χ2v) is 5.98. The Balaban J connectivity index is 2.01. The zero-order valence-electron chi connectivity index (χ0n) is 14.6. The van der Waals surface area contributed by atoms with E-state index in [2.05, 4.69) is 5.32 Å². The number of ether oxygens (including phenoxy) is 1. The van der Waals surface area contributed by atoms with Gasteiger partial charge in [-0.15, -0.1) is 0 Å². The minimum atomic E-state index is -0.441. The molecular weight excluding hydrogens is 318 g/mol. The SMILES string of the molecule is CCc1cc2c(CNc3cc(C)ccc3OC)cc(=O)oc2cc1O. The zero-order chi connectivity index (χ0) is 18.0. The highest BCUT2D eigenvalue weighted by molar-refractivity contribution is 5.83. The van der Waals surface area contributed by atoms with Gasteiger partial charge in [-0.2, -0.15) is 0 Å². The van der Waals surface area contributed by atoms with E-state index < -0.39 is 5.63 Å². The number of hydrogen-bond acceptors (Lipinski definition) is 5. The summed E-state index contributed by atoms with van der Waals surface area (Å²) in [6.07, 6.45) is 0.694. The van der Waals surface area contributed by atoms with Crippen LogP contribution < -0.4 is 15.7 Å². The molecule has 5 heteroatoms. The summed E-state index contributed by atoms with van der Waals surface area (Å²) in [5.41, 5.74) is 3.54. The van der Waals surface area contributed by atoms with Crippen LogP contribution in [0.3, 0.4) is 0 Å². The molecule has 0 amide bonds. The molecule has 2 aromatic carbocycles. The predicted molar refractivity (Wildman–Crippen MR) is 98.6 cm³/mol. The molecule has 5 nitrogen and oxygen atoms in total. The first-order valence-corrected chi connectivity index (χ1v) is 8.19. The Morgan fingerprint density at radius 1 is 1.16 bits per heavy atom. The number of fused-ring (bicyclic) bond motifs is 1. The number of phenolic OH excluding ortho intramolecular Hbond substituents is 1. The van der Waals surface area contributed by atoms with Gasteiger partial charge in [-0.25, -0.2) is 4.79 Å². The third-order valence-electron chi connectivity index (χ3n) is 4.23. The van der Waals surface area contributed by atoms with Gasteiger partial charge in [0.15, 0.2) is 0 Å². The standard InChI is InChI=1S/C20H21NO4/c1-4-13-8-15-14(9-20(23)25-19(15)10-17(13)22)11-21-16-7-12(2)5-6-18(16)24-3/h5-10,21-22H,4,11H2,1-3H3. The number of hydrogen-bond donors (Lipinski definition) is 2. The van der Waals surface area contributed by atoms with Gasteiger partial charge in [-0.05, 0) is 48.2 Å². The quantitative estimate of drug-likeness (QED) is 0.688. The van der Waals surface area contributed by atoms with Gasteiger partial charge in [0, 0.05) is 24.1 Å². The molecule has 0 aliphatic rings. The Bertz CT molecular complexity index is 975. The molecule has 25 heavy (non-hydrogen) atoms. The molecule has 130 valence electrons. The van der Waals surface area contributed by atoms with Crippen LogP contribution in [0.1, 0.15) is 23.6 Å². The zero-order valence-corrected chi connectivity index (χ0v) is 14.6. The molecule has 0 atom stereocenters. The first-order chi connectivity index (χ1) is 12.0. The maximum Gasteiger partial charge on any atom is 0.336 e. The lowest BCUT2D eigenvalue weighted by atomic mass is 10.0. The fourth-order valence-electron chi connectivity index (χ4n) is 2.89. The van der Waals surface area contributed by atoms with Crippen LogP contribution in [-0.4, -0.2) is 12.2 Å². The highest BCUT2D eigenvalue weighted by atomic mass is 16.5. The lowest BCUT2D eigenvalue weighted by Gasteiger charge is -2.13. The van der Waals surface area contributed by atoms with Gasteiger partial charge >= 0.3 is 5.63 Å². The molecule has 0 unspecified atom stereocenters. The monoisotopic (exact) mass is 339 g/mol. The van der Waals surface area contributed by atoms with Crippen molar-refractivity contribution in [2.24, 2.45) is 0 Å². The van der Waals surface area contributed by atoms with Crippen LogP contribution >= 0.6 is 0 Å². The molecule has 2 N–H and O–H groups in total. The van der Waals surface area contributed by atoms with Crippen molar-refractivity contribution in [1.82, 2.24) is 0 Å². The van der Waals surface area contributed by atoms with Crippen molar-refractivity contribution in [1.29, 1.82) is 0 Å². The highest BCUT2D eigenvalue weighted by Gasteiger charge is 2.11. The second-order valence-electron chi connectivity index (χ2n) is 5.98. The topological polar surface area (TPSA) is 71.7 Å². The summed E-state index contributed by atoms with van der Waals surface area (Å²) < 4.78 is 10.6. The second kappa shape index (κ2) is 6.89. The summed E-state index contributed by atoms with van der Waals surface area (Å²) >= 11 is 0. The molecule has 1 aromatic heterocycles. The van der Waals surface area contributed by atoms with Gasteiger partial charge in [-0.1, -0.05) is 13.0 Å². The van der Waals surface area contributed by atoms with Crippen LogP contribution in [0.5, 0.6) is 11.5 Å². The molecule has 3 aromatic rings. The van der Waals surface area contributed by atoms with Crippen LogP contribution in [0.15, 0.2) is 45.6 Å². The maximum absolute atomic E-state index is 11.9. The van der Waals surface area contributed by atoms with E-state index in [4.69, 9.17) is 9.15 Å². The van der Waals surface area contributed by atoms with E-state index in [-0.39, 0.29) is 5.75 Å². The van der Waals surface area contributed by atoms with Gasteiger partial charge in [-0.3, -0.25) is 0 Å². The van der Waals surface area contributed by atoms with Crippen molar-refractivity contribution in [3.8, 4) is 11.5 Å². The smallest absolute Gasteiger partial charge is 0.336 e. The summed E-state index contributed by atoms with van der Waals surface area (Å²) in [6.45, 7) is 4.42. The van der Waals surface area contributed by atoms with Gasteiger partial charge < -0.3 is 19.6 Å². The lowest BCUT2D eigenvalue weighted by Crippen LogP contribution is -2.07. The normalized spacial score (nSPS) is 10.8. The molecule has 0 saturated heterocycles. The van der Waals surface area contributed by atoms with Crippen LogP contribution in [0, 0.1) is 6.92 Å². The third kappa shape index (κ3) is 3.45. The van der Waals surface area contributed by atoms with Crippen LogP contribution in [0.25, 0.3) is 11.0 Å². The molecule has 0 bridgehead atoms. The molecular formula is C20H21NO4. The first kappa shape index (κ1) is 16.9. The van der Waals surface area contributed by atoms with Crippen LogP contribution in [0.4, 0.5) is 5.69 Å². The summed E-state index contributed by atoms with van der Waals surface area (Å²) in [5, 5.41) is 14.1. The summed E-state index contributed by atoms with van der Waals surface area (Å²) in [4.78, 5) is 11.9. The number of methoxy groups -OCH3 is 1. The summed E-state index contributed by atoms with van der Waals surface area (Å²) in [6, 6.07) is 10.7. The Morgan fingerprint density at radius 3 is 2.68 bits per heavy atom.